The largest absolute Gasteiger partial charge is 0.480 e. The maximum absolute atomic E-state index is 12.4. The second kappa shape index (κ2) is 9.38. The number of aromatic nitrogens is 2. The molecular weight excluding hydrogens is 388 g/mol. The molecule has 0 aliphatic carbocycles. The minimum atomic E-state index is -0.362. The summed E-state index contributed by atoms with van der Waals surface area (Å²) in [5.41, 5.74) is 0.998. The predicted octanol–water partition coefficient (Wildman–Crippen LogP) is 2.25. The molecule has 0 spiro atoms. The van der Waals surface area contributed by atoms with E-state index >= 15 is 0 Å². The summed E-state index contributed by atoms with van der Waals surface area (Å²) in [4.78, 5) is 36.1. The van der Waals surface area contributed by atoms with Gasteiger partial charge in [-0.3, -0.25) is 14.9 Å². The van der Waals surface area contributed by atoms with E-state index in [1.54, 1.807) is 18.2 Å². The average Bonchev–Trinajstić information content (AvgIpc) is 2.78. The fourth-order valence-corrected chi connectivity index (χ4v) is 3.26. The van der Waals surface area contributed by atoms with Crippen molar-refractivity contribution in [1.82, 2.24) is 15.3 Å². The Balaban J connectivity index is 1.71. The van der Waals surface area contributed by atoms with Crippen LogP contribution in [0.3, 0.4) is 0 Å². The first kappa shape index (κ1) is 21.3. The first-order valence-electron chi connectivity index (χ1n) is 9.89. The second-order valence-corrected chi connectivity index (χ2v) is 7.10. The van der Waals surface area contributed by atoms with Gasteiger partial charge in [0.2, 0.25) is 11.8 Å². The molecule has 1 aromatic heterocycles. The number of anilines is 2. The highest BCUT2D eigenvalue weighted by molar-refractivity contribution is 5.96. The number of nitrogens with zero attached hydrogens (tertiary/aromatic N) is 5. The summed E-state index contributed by atoms with van der Waals surface area (Å²) < 4.78 is 5.32. The standard InChI is InChI=1S/C20H26N6O4/c1-4-14(2)22-18(27)15-13-21-20(23-19(15)30-3)25-11-9-24(10-12-25)16-7-5-6-8-17(16)26(28)29/h5-8,13-14H,4,9-12H2,1-3H3,(H,22,27). The fourth-order valence-electron chi connectivity index (χ4n) is 3.26. The number of methoxy groups -OCH3 is 1. The molecule has 1 unspecified atom stereocenters. The number of carbonyl (C=O) groups is 1. The first-order chi connectivity index (χ1) is 14.4. The van der Waals surface area contributed by atoms with Crippen molar-refractivity contribution in [3.63, 3.8) is 0 Å². The summed E-state index contributed by atoms with van der Waals surface area (Å²) in [5.74, 6) is 0.421. The van der Waals surface area contributed by atoms with Gasteiger partial charge in [0.25, 0.3) is 11.6 Å². The maximum Gasteiger partial charge on any atom is 0.292 e. The Bertz CT molecular complexity index is 914. The number of amides is 1. The van der Waals surface area contributed by atoms with Gasteiger partial charge in [0, 0.05) is 44.5 Å². The van der Waals surface area contributed by atoms with Crippen LogP contribution in [0.5, 0.6) is 5.88 Å². The van der Waals surface area contributed by atoms with E-state index < -0.39 is 0 Å². The summed E-state index contributed by atoms with van der Waals surface area (Å²) >= 11 is 0. The summed E-state index contributed by atoms with van der Waals surface area (Å²) in [7, 11) is 1.47. The molecule has 2 heterocycles. The minimum absolute atomic E-state index is 0.0389. The number of ether oxygens (including phenoxy) is 1. The average molecular weight is 414 g/mol. The molecule has 0 saturated carbocycles. The van der Waals surface area contributed by atoms with Crippen LogP contribution in [0.25, 0.3) is 0 Å². The predicted molar refractivity (Wildman–Crippen MR) is 113 cm³/mol. The van der Waals surface area contributed by atoms with E-state index in [1.807, 2.05) is 23.6 Å². The van der Waals surface area contributed by atoms with Crippen molar-refractivity contribution in [2.75, 3.05) is 43.1 Å². The summed E-state index contributed by atoms with van der Waals surface area (Å²) in [6.07, 6.45) is 2.30. The van der Waals surface area contributed by atoms with Crippen LogP contribution in [0.15, 0.2) is 30.5 Å². The lowest BCUT2D eigenvalue weighted by molar-refractivity contribution is -0.384. The number of rotatable bonds is 7. The number of carbonyl (C=O) groups excluding carboxylic acids is 1. The van der Waals surface area contributed by atoms with Crippen LogP contribution in [-0.4, -0.2) is 60.1 Å². The number of benzene rings is 1. The Morgan fingerprint density at radius 2 is 1.93 bits per heavy atom. The fraction of sp³-hybridized carbons (Fsp3) is 0.450. The number of piperazine rings is 1. The lowest BCUT2D eigenvalue weighted by atomic mass is 10.2. The van der Waals surface area contributed by atoms with E-state index in [1.165, 1.54) is 19.4 Å². The highest BCUT2D eigenvalue weighted by atomic mass is 16.6. The van der Waals surface area contributed by atoms with Crippen LogP contribution in [0.1, 0.15) is 30.6 Å². The molecule has 1 fully saturated rings. The van der Waals surface area contributed by atoms with Gasteiger partial charge in [0.05, 0.1) is 12.0 Å². The van der Waals surface area contributed by atoms with Crippen molar-refractivity contribution in [3.8, 4) is 5.88 Å². The van der Waals surface area contributed by atoms with Crippen molar-refractivity contribution in [2.24, 2.45) is 0 Å². The molecule has 1 N–H and O–H groups in total. The number of hydrogen-bond acceptors (Lipinski definition) is 8. The number of hydrogen-bond donors (Lipinski definition) is 1. The Labute approximate surface area is 175 Å². The molecule has 2 aromatic rings. The monoisotopic (exact) mass is 414 g/mol. The number of nitro groups is 1. The second-order valence-electron chi connectivity index (χ2n) is 7.10. The molecular formula is C20H26N6O4. The Kier molecular flexibility index (Phi) is 6.65. The number of nitrogens with one attached hydrogen (secondary N) is 1. The van der Waals surface area contributed by atoms with Crippen molar-refractivity contribution in [1.29, 1.82) is 0 Å². The van der Waals surface area contributed by atoms with Gasteiger partial charge in [-0.15, -0.1) is 0 Å². The van der Waals surface area contributed by atoms with Crippen LogP contribution in [0, 0.1) is 10.1 Å². The molecule has 1 aromatic carbocycles. The highest BCUT2D eigenvalue weighted by Gasteiger charge is 2.25. The Hall–Kier alpha value is -3.43. The molecule has 3 rings (SSSR count). The van der Waals surface area contributed by atoms with Gasteiger partial charge in [-0.25, -0.2) is 4.98 Å². The molecule has 1 aliphatic rings. The topological polar surface area (TPSA) is 114 Å². The highest BCUT2D eigenvalue weighted by Crippen LogP contribution is 2.29. The normalized spacial score (nSPS) is 14.9. The van der Waals surface area contributed by atoms with Crippen LogP contribution in [-0.2, 0) is 0 Å². The van der Waals surface area contributed by atoms with Gasteiger partial charge in [-0.1, -0.05) is 19.1 Å². The third-order valence-electron chi connectivity index (χ3n) is 5.15. The smallest absolute Gasteiger partial charge is 0.292 e. The molecule has 160 valence electrons. The van der Waals surface area contributed by atoms with Crippen molar-refractivity contribution in [2.45, 2.75) is 26.3 Å². The molecule has 10 nitrogen and oxygen atoms in total. The van der Waals surface area contributed by atoms with E-state index in [-0.39, 0.29) is 28.4 Å². The van der Waals surface area contributed by atoms with Gasteiger partial charge in [-0.2, -0.15) is 4.98 Å². The van der Waals surface area contributed by atoms with Crippen molar-refractivity contribution in [3.05, 3.63) is 46.1 Å². The molecule has 1 amide bonds. The molecule has 30 heavy (non-hydrogen) atoms. The van der Waals surface area contributed by atoms with E-state index in [9.17, 15) is 14.9 Å². The number of para-hydroxylation sites is 2. The van der Waals surface area contributed by atoms with Gasteiger partial charge in [-0.05, 0) is 19.4 Å². The molecule has 1 saturated heterocycles. The van der Waals surface area contributed by atoms with Gasteiger partial charge >= 0.3 is 0 Å². The van der Waals surface area contributed by atoms with Crippen LogP contribution < -0.4 is 19.9 Å². The van der Waals surface area contributed by atoms with Gasteiger partial charge < -0.3 is 19.9 Å². The zero-order chi connectivity index (χ0) is 21.7. The SMILES string of the molecule is CCC(C)NC(=O)c1cnc(N2CCN(c3ccccc3[N+](=O)[O-])CC2)nc1OC. The Morgan fingerprint density at radius 3 is 2.57 bits per heavy atom. The molecule has 0 radical (unpaired) electrons. The third kappa shape index (κ3) is 4.58. The summed E-state index contributed by atoms with van der Waals surface area (Å²) in [6.45, 7) is 6.28. The molecule has 0 bridgehead atoms. The first-order valence-corrected chi connectivity index (χ1v) is 9.89. The van der Waals surface area contributed by atoms with Crippen LogP contribution in [0.4, 0.5) is 17.3 Å². The van der Waals surface area contributed by atoms with Crippen molar-refractivity contribution >= 4 is 23.2 Å². The lowest BCUT2D eigenvalue weighted by Gasteiger charge is -2.35. The van der Waals surface area contributed by atoms with Gasteiger partial charge in [0.15, 0.2) is 0 Å². The number of nitro benzene ring substituents is 1. The zero-order valence-corrected chi connectivity index (χ0v) is 17.4. The van der Waals surface area contributed by atoms with E-state index in [0.717, 1.165) is 6.42 Å². The summed E-state index contributed by atoms with van der Waals surface area (Å²) in [6, 6.07) is 6.77. The van der Waals surface area contributed by atoms with Crippen LogP contribution in [0.2, 0.25) is 0 Å². The molecule has 10 heteroatoms. The van der Waals surface area contributed by atoms with Gasteiger partial charge in [0.1, 0.15) is 11.3 Å². The summed E-state index contributed by atoms with van der Waals surface area (Å²) in [5, 5.41) is 14.2. The minimum Gasteiger partial charge on any atom is -0.480 e. The quantitative estimate of drug-likeness (QED) is 0.542. The van der Waals surface area contributed by atoms with E-state index in [0.29, 0.717) is 43.4 Å². The maximum atomic E-state index is 12.4. The third-order valence-corrected chi connectivity index (χ3v) is 5.15. The van der Waals surface area contributed by atoms with Crippen LogP contribution >= 0.6 is 0 Å². The van der Waals surface area contributed by atoms with E-state index in [2.05, 4.69) is 15.3 Å². The van der Waals surface area contributed by atoms with E-state index in [4.69, 9.17) is 4.74 Å². The van der Waals surface area contributed by atoms with Crippen molar-refractivity contribution < 1.29 is 14.5 Å². The zero-order valence-electron chi connectivity index (χ0n) is 17.4. The molecule has 1 aliphatic heterocycles. The lowest BCUT2D eigenvalue weighted by Crippen LogP contribution is -2.47. The Morgan fingerprint density at radius 1 is 1.27 bits per heavy atom. The molecule has 1 atom stereocenters.